The van der Waals surface area contributed by atoms with E-state index in [9.17, 15) is 4.79 Å². The minimum atomic E-state index is -0.979. The van der Waals surface area contributed by atoms with Crippen molar-refractivity contribution in [3.63, 3.8) is 0 Å². The van der Waals surface area contributed by atoms with E-state index in [4.69, 9.17) is 9.84 Å². The van der Waals surface area contributed by atoms with E-state index in [0.717, 1.165) is 22.2 Å². The number of pyridine rings is 1. The fourth-order valence-corrected chi connectivity index (χ4v) is 2.84. The van der Waals surface area contributed by atoms with E-state index in [1.165, 1.54) is 17.8 Å². The maximum Gasteiger partial charge on any atom is 0.337 e. The van der Waals surface area contributed by atoms with Gasteiger partial charge in [-0.15, -0.1) is 0 Å². The molecule has 3 rings (SSSR count). The highest BCUT2D eigenvalue weighted by Gasteiger charge is 2.17. The average Bonchev–Trinajstić information content (AvgIpc) is 2.93. The lowest BCUT2D eigenvalue weighted by molar-refractivity contribution is 0.0696. The summed E-state index contributed by atoms with van der Waals surface area (Å²) in [4.78, 5) is 14.9. The number of anilines is 1. The highest BCUT2D eigenvalue weighted by Crippen LogP contribution is 2.33. The summed E-state index contributed by atoms with van der Waals surface area (Å²) in [7, 11) is 0. The number of ether oxygens (including phenoxy) is 1. The van der Waals surface area contributed by atoms with Crippen molar-refractivity contribution >= 4 is 27.7 Å². The molecular formula is C15H13BrN2O3. The third kappa shape index (κ3) is 3.00. The van der Waals surface area contributed by atoms with Crippen molar-refractivity contribution in [2.45, 2.75) is 13.0 Å². The van der Waals surface area contributed by atoms with Gasteiger partial charge in [-0.25, -0.2) is 9.78 Å². The summed E-state index contributed by atoms with van der Waals surface area (Å²) >= 11 is 3.50. The normalized spacial score (nSPS) is 12.6. The first-order valence-corrected chi connectivity index (χ1v) is 7.30. The molecule has 2 heterocycles. The van der Waals surface area contributed by atoms with Crippen molar-refractivity contribution in [2.24, 2.45) is 0 Å². The van der Waals surface area contributed by atoms with Gasteiger partial charge in [0.05, 0.1) is 12.2 Å². The molecule has 1 aromatic carbocycles. The van der Waals surface area contributed by atoms with Crippen molar-refractivity contribution in [1.29, 1.82) is 0 Å². The summed E-state index contributed by atoms with van der Waals surface area (Å²) in [5.41, 5.74) is 2.43. The molecule has 1 aliphatic rings. The first-order chi connectivity index (χ1) is 10.1. The Morgan fingerprint density at radius 3 is 3.00 bits per heavy atom. The molecule has 0 saturated carbocycles. The smallest absolute Gasteiger partial charge is 0.337 e. The van der Waals surface area contributed by atoms with E-state index in [1.807, 2.05) is 6.07 Å². The van der Waals surface area contributed by atoms with E-state index < -0.39 is 5.97 Å². The zero-order chi connectivity index (χ0) is 14.8. The van der Waals surface area contributed by atoms with E-state index >= 15 is 0 Å². The van der Waals surface area contributed by atoms with E-state index in [1.54, 1.807) is 6.07 Å². The maximum absolute atomic E-state index is 10.8. The Kier molecular flexibility index (Phi) is 3.79. The van der Waals surface area contributed by atoms with Crippen LogP contribution in [-0.4, -0.2) is 22.7 Å². The monoisotopic (exact) mass is 348 g/mol. The summed E-state index contributed by atoms with van der Waals surface area (Å²) in [6, 6.07) is 7.27. The summed E-state index contributed by atoms with van der Waals surface area (Å²) < 4.78 is 6.69. The quantitative estimate of drug-likeness (QED) is 0.888. The molecule has 0 unspecified atom stereocenters. The largest absolute Gasteiger partial charge is 0.493 e. The minimum absolute atomic E-state index is 0.173. The fourth-order valence-electron chi connectivity index (χ4n) is 2.29. The Morgan fingerprint density at radius 1 is 1.43 bits per heavy atom. The molecule has 108 valence electrons. The molecule has 21 heavy (non-hydrogen) atoms. The molecule has 0 aliphatic carbocycles. The van der Waals surface area contributed by atoms with E-state index in [0.29, 0.717) is 19.0 Å². The van der Waals surface area contributed by atoms with Gasteiger partial charge in [0.15, 0.2) is 0 Å². The van der Waals surface area contributed by atoms with Crippen LogP contribution in [0.25, 0.3) is 0 Å². The number of halogens is 1. The Labute approximate surface area is 130 Å². The predicted octanol–water partition coefficient (Wildman–Crippen LogP) is 3.09. The van der Waals surface area contributed by atoms with Crippen molar-refractivity contribution in [1.82, 2.24) is 4.98 Å². The summed E-state index contributed by atoms with van der Waals surface area (Å²) in [5.74, 6) is 0.590. The van der Waals surface area contributed by atoms with Crippen molar-refractivity contribution in [2.75, 3.05) is 11.9 Å². The number of nitrogens with one attached hydrogen (secondary N) is 1. The SMILES string of the molecule is O=C(O)c1ccc(NCc2cc(Br)cc3c2OCC3)nc1. The predicted molar refractivity (Wildman–Crippen MR) is 81.9 cm³/mol. The van der Waals surface area contributed by atoms with Crippen LogP contribution < -0.4 is 10.1 Å². The fraction of sp³-hybridized carbons (Fsp3) is 0.200. The Bertz CT molecular complexity index is 686. The number of hydrogen-bond donors (Lipinski definition) is 2. The summed E-state index contributed by atoms with van der Waals surface area (Å²) in [5, 5.41) is 12.0. The Hall–Kier alpha value is -2.08. The third-order valence-corrected chi connectivity index (χ3v) is 3.75. The molecule has 6 heteroatoms. The van der Waals surface area contributed by atoms with Crippen molar-refractivity contribution in [3.8, 4) is 5.75 Å². The second kappa shape index (κ2) is 5.73. The number of carbonyl (C=O) groups is 1. The second-order valence-corrected chi connectivity index (χ2v) is 5.66. The van der Waals surface area contributed by atoms with Gasteiger partial charge in [-0.1, -0.05) is 15.9 Å². The molecule has 0 radical (unpaired) electrons. The molecule has 0 fully saturated rings. The lowest BCUT2D eigenvalue weighted by Crippen LogP contribution is -2.04. The highest BCUT2D eigenvalue weighted by molar-refractivity contribution is 9.10. The van der Waals surface area contributed by atoms with E-state index in [2.05, 4.69) is 32.3 Å². The van der Waals surface area contributed by atoms with Crippen molar-refractivity contribution < 1.29 is 14.6 Å². The van der Waals surface area contributed by atoms with Crippen LogP contribution in [0.3, 0.4) is 0 Å². The first kappa shape index (κ1) is 13.9. The Balaban J connectivity index is 1.75. The first-order valence-electron chi connectivity index (χ1n) is 6.51. The summed E-state index contributed by atoms with van der Waals surface area (Å²) in [6.45, 7) is 1.28. The summed E-state index contributed by atoms with van der Waals surface area (Å²) in [6.07, 6.45) is 2.26. The van der Waals surface area contributed by atoms with Gasteiger partial charge >= 0.3 is 5.97 Å². The zero-order valence-electron chi connectivity index (χ0n) is 11.1. The topological polar surface area (TPSA) is 71.5 Å². The zero-order valence-corrected chi connectivity index (χ0v) is 12.7. The highest BCUT2D eigenvalue weighted by atomic mass is 79.9. The van der Waals surface area contributed by atoms with Gasteiger partial charge in [0, 0.05) is 29.2 Å². The number of carboxylic acid groups (broad SMARTS) is 1. The number of carboxylic acids is 1. The van der Waals surface area contributed by atoms with Crippen LogP contribution >= 0.6 is 15.9 Å². The molecule has 0 spiro atoms. The van der Waals surface area contributed by atoms with Crippen LogP contribution in [0, 0.1) is 0 Å². The minimum Gasteiger partial charge on any atom is -0.493 e. The lowest BCUT2D eigenvalue weighted by Gasteiger charge is -2.11. The van der Waals surface area contributed by atoms with Crippen molar-refractivity contribution in [3.05, 3.63) is 51.6 Å². The third-order valence-electron chi connectivity index (χ3n) is 3.30. The number of hydrogen-bond acceptors (Lipinski definition) is 4. The standard InChI is InChI=1S/C15H13BrN2O3/c16-12-5-9-3-4-21-14(9)11(6-12)8-18-13-2-1-10(7-17-13)15(19)20/h1-2,5-7H,3-4,8H2,(H,17,18)(H,19,20). The van der Waals surface area contributed by atoms with Gasteiger partial charge in [0.2, 0.25) is 0 Å². The van der Waals surface area contributed by atoms with Crippen LogP contribution in [0.5, 0.6) is 5.75 Å². The van der Waals surface area contributed by atoms with Crippen LogP contribution in [0.2, 0.25) is 0 Å². The van der Waals surface area contributed by atoms with Gasteiger partial charge in [0.25, 0.3) is 0 Å². The number of aromatic carboxylic acids is 1. The van der Waals surface area contributed by atoms with Crippen LogP contribution in [0.15, 0.2) is 34.9 Å². The molecule has 0 atom stereocenters. The maximum atomic E-state index is 10.8. The number of nitrogens with zero attached hydrogens (tertiary/aromatic N) is 1. The molecule has 1 aliphatic heterocycles. The molecule has 0 bridgehead atoms. The average molecular weight is 349 g/mol. The molecule has 1 aromatic heterocycles. The lowest BCUT2D eigenvalue weighted by atomic mass is 10.1. The second-order valence-electron chi connectivity index (χ2n) is 4.74. The van der Waals surface area contributed by atoms with Gasteiger partial charge in [-0.2, -0.15) is 0 Å². The van der Waals surface area contributed by atoms with Gasteiger partial charge < -0.3 is 15.2 Å². The van der Waals surface area contributed by atoms with Crippen LogP contribution in [-0.2, 0) is 13.0 Å². The van der Waals surface area contributed by atoms with Crippen LogP contribution in [0.4, 0.5) is 5.82 Å². The number of aromatic nitrogens is 1. The van der Waals surface area contributed by atoms with Gasteiger partial charge in [-0.05, 0) is 29.8 Å². The van der Waals surface area contributed by atoms with E-state index in [-0.39, 0.29) is 5.56 Å². The molecule has 0 amide bonds. The number of fused-ring (bicyclic) bond motifs is 1. The molecule has 2 N–H and O–H groups in total. The van der Waals surface area contributed by atoms with Crippen LogP contribution in [0.1, 0.15) is 21.5 Å². The molecule has 0 saturated heterocycles. The molecule has 5 nitrogen and oxygen atoms in total. The number of benzene rings is 1. The molecular weight excluding hydrogens is 336 g/mol. The Morgan fingerprint density at radius 2 is 2.29 bits per heavy atom. The van der Waals surface area contributed by atoms with Gasteiger partial charge in [-0.3, -0.25) is 0 Å². The number of rotatable bonds is 4. The van der Waals surface area contributed by atoms with Gasteiger partial charge in [0.1, 0.15) is 11.6 Å². The molecule has 2 aromatic rings.